The van der Waals surface area contributed by atoms with E-state index in [1.807, 2.05) is 42.5 Å². The van der Waals surface area contributed by atoms with Crippen molar-refractivity contribution in [2.45, 2.75) is 69.4 Å². The number of hydrazone groups is 1. The molecule has 1 fully saturated rings. The number of methoxy groups -OCH3 is 1. The molecule has 0 saturated carbocycles. The third-order valence-electron chi connectivity index (χ3n) is 10.4. The summed E-state index contributed by atoms with van der Waals surface area (Å²) in [4.78, 5) is 41.0. The molecule has 7 N–H and O–H groups in total. The summed E-state index contributed by atoms with van der Waals surface area (Å²) in [7, 11) is 1.35. The number of hydrogen-bond donors (Lipinski definition) is 6. The molecule has 4 aromatic carbocycles. The number of aliphatic hydroxyl groups is 2. The van der Waals surface area contributed by atoms with Gasteiger partial charge in [-0.25, -0.2) is 5.43 Å². The van der Waals surface area contributed by atoms with Gasteiger partial charge in [0.25, 0.3) is 5.91 Å². The summed E-state index contributed by atoms with van der Waals surface area (Å²) in [6, 6.07) is 20.3. The van der Waals surface area contributed by atoms with Gasteiger partial charge >= 0.3 is 0 Å². The van der Waals surface area contributed by atoms with Crippen molar-refractivity contribution >= 4 is 23.2 Å². The molecular formula is C40H39N3O10. The summed E-state index contributed by atoms with van der Waals surface area (Å²) in [6.07, 6.45) is -4.60. The first-order valence-corrected chi connectivity index (χ1v) is 17.2. The third kappa shape index (κ3) is 6.26. The van der Waals surface area contributed by atoms with E-state index in [4.69, 9.17) is 19.9 Å². The number of hydrogen-bond acceptors (Lipinski definition) is 12. The number of nitrogens with two attached hydrogens (primary N) is 1. The lowest BCUT2D eigenvalue weighted by Gasteiger charge is -2.42. The first-order valence-electron chi connectivity index (χ1n) is 17.2. The number of phenols is 2. The van der Waals surface area contributed by atoms with Gasteiger partial charge in [-0.15, -0.1) is 0 Å². The molecule has 0 radical (unpaired) electrons. The zero-order valence-corrected chi connectivity index (χ0v) is 29.2. The Balaban J connectivity index is 1.25. The number of benzene rings is 4. The van der Waals surface area contributed by atoms with E-state index in [9.17, 15) is 34.8 Å². The molecule has 7 rings (SSSR count). The molecule has 1 heterocycles. The molecule has 1 amide bonds. The summed E-state index contributed by atoms with van der Waals surface area (Å²) in [5.74, 6) is -3.12. The van der Waals surface area contributed by atoms with Crippen LogP contribution < -0.4 is 15.9 Å². The van der Waals surface area contributed by atoms with E-state index in [0.29, 0.717) is 5.56 Å². The zero-order chi connectivity index (χ0) is 37.8. The molecule has 4 aromatic rings. The highest BCUT2D eigenvalue weighted by molar-refractivity contribution is 6.31. The minimum Gasteiger partial charge on any atom is -0.507 e. The first-order chi connectivity index (χ1) is 25.3. The molecule has 0 bridgehead atoms. The van der Waals surface area contributed by atoms with Gasteiger partial charge in [0.15, 0.2) is 12.1 Å². The number of carbonyl (C=O) groups excluding carboxylic acids is 3. The Hall–Kier alpha value is -5.44. The van der Waals surface area contributed by atoms with E-state index < -0.39 is 76.3 Å². The maximum absolute atomic E-state index is 14.0. The van der Waals surface area contributed by atoms with Gasteiger partial charge in [-0.05, 0) is 43.2 Å². The Labute approximate surface area is 304 Å². The van der Waals surface area contributed by atoms with Crippen LogP contribution in [0.3, 0.4) is 0 Å². The molecule has 13 nitrogen and oxygen atoms in total. The molecule has 6 unspecified atom stereocenters. The highest BCUT2D eigenvalue weighted by Crippen LogP contribution is 2.52. The van der Waals surface area contributed by atoms with E-state index in [1.165, 1.54) is 32.2 Å². The Morgan fingerprint density at radius 2 is 1.62 bits per heavy atom. The minimum absolute atomic E-state index is 0.0234. The number of nitrogens with one attached hydrogen (secondary N) is 1. The number of phenolic OH excluding ortho intramolecular Hbond substituents is 2. The predicted molar refractivity (Wildman–Crippen MR) is 192 cm³/mol. The predicted octanol–water partition coefficient (Wildman–Crippen LogP) is 3.91. The van der Waals surface area contributed by atoms with Crippen molar-refractivity contribution in [2.24, 2.45) is 10.8 Å². The number of amides is 1. The van der Waals surface area contributed by atoms with Gasteiger partial charge in [0, 0.05) is 47.6 Å². The molecule has 274 valence electrons. The molecule has 0 aromatic heterocycles. The van der Waals surface area contributed by atoms with Gasteiger partial charge in [0.2, 0.25) is 5.78 Å². The number of aromatic hydroxyl groups is 2. The number of aliphatic hydroxyl groups excluding tert-OH is 1. The number of fused-ring (bicyclic) bond motifs is 3. The number of ketones is 2. The molecule has 2 aliphatic carbocycles. The Morgan fingerprint density at radius 3 is 2.30 bits per heavy atom. The second kappa shape index (κ2) is 13.8. The van der Waals surface area contributed by atoms with Gasteiger partial charge in [-0.3, -0.25) is 14.4 Å². The molecule has 13 heteroatoms. The van der Waals surface area contributed by atoms with Crippen LogP contribution in [0.25, 0.3) is 11.1 Å². The first kappa shape index (κ1) is 35.9. The Kier molecular flexibility index (Phi) is 9.39. The van der Waals surface area contributed by atoms with Crippen molar-refractivity contribution < 1.29 is 49.0 Å². The second-order valence-corrected chi connectivity index (χ2v) is 13.7. The van der Waals surface area contributed by atoms with Crippen LogP contribution in [-0.2, 0) is 15.9 Å². The van der Waals surface area contributed by atoms with Crippen LogP contribution in [0.4, 0.5) is 0 Å². The second-order valence-electron chi connectivity index (χ2n) is 13.7. The van der Waals surface area contributed by atoms with Crippen molar-refractivity contribution in [1.29, 1.82) is 0 Å². The van der Waals surface area contributed by atoms with Gasteiger partial charge < -0.3 is 40.4 Å². The van der Waals surface area contributed by atoms with E-state index in [-0.39, 0.29) is 53.0 Å². The molecule has 3 aliphatic rings. The third-order valence-corrected chi connectivity index (χ3v) is 10.4. The normalized spacial score (nSPS) is 25.2. The largest absolute Gasteiger partial charge is 0.507 e. The Bertz CT molecular complexity index is 2140. The molecule has 1 aliphatic heterocycles. The SMILES string of the molecule is COc1cccc2c1C(=O)c1c(O)c3c(c(O)c1C2=O)CC(O)(/C(C)=N/NC(=O)c1ccc(-c2ccccc2)cc1)CC3OC1CC(N)C(O)C(C)O1. The monoisotopic (exact) mass is 721 g/mol. The van der Waals surface area contributed by atoms with Crippen LogP contribution in [-0.4, -0.2) is 80.9 Å². The molecule has 53 heavy (non-hydrogen) atoms. The highest BCUT2D eigenvalue weighted by Gasteiger charge is 2.49. The number of ether oxygens (including phenoxy) is 3. The van der Waals surface area contributed by atoms with Crippen molar-refractivity contribution in [1.82, 2.24) is 5.43 Å². The smallest absolute Gasteiger partial charge is 0.271 e. The fourth-order valence-corrected chi connectivity index (χ4v) is 7.41. The lowest BCUT2D eigenvalue weighted by atomic mass is 9.71. The van der Waals surface area contributed by atoms with E-state index in [0.717, 1.165) is 11.1 Å². The molecule has 0 spiro atoms. The molecule has 1 saturated heterocycles. The zero-order valence-electron chi connectivity index (χ0n) is 29.2. The van der Waals surface area contributed by atoms with Crippen LogP contribution in [0.1, 0.15) is 86.1 Å². The van der Waals surface area contributed by atoms with Crippen LogP contribution in [0.15, 0.2) is 77.9 Å². The maximum Gasteiger partial charge on any atom is 0.271 e. The number of nitrogens with zero attached hydrogens (tertiary/aromatic N) is 1. The van der Waals surface area contributed by atoms with E-state index in [2.05, 4.69) is 10.5 Å². The lowest BCUT2D eigenvalue weighted by molar-refractivity contribution is -0.245. The average molecular weight is 722 g/mol. The van der Waals surface area contributed by atoms with Gasteiger partial charge in [-0.2, -0.15) is 5.10 Å². The van der Waals surface area contributed by atoms with Crippen LogP contribution in [0.5, 0.6) is 17.2 Å². The number of rotatable bonds is 7. The van der Waals surface area contributed by atoms with Gasteiger partial charge in [0.1, 0.15) is 22.8 Å². The summed E-state index contributed by atoms with van der Waals surface area (Å²) < 4.78 is 17.6. The van der Waals surface area contributed by atoms with Crippen LogP contribution >= 0.6 is 0 Å². The van der Waals surface area contributed by atoms with Crippen molar-refractivity contribution in [2.75, 3.05) is 7.11 Å². The van der Waals surface area contributed by atoms with Crippen molar-refractivity contribution in [3.8, 4) is 28.4 Å². The topological polar surface area (TPSA) is 210 Å². The average Bonchev–Trinajstić information content (AvgIpc) is 3.16. The van der Waals surface area contributed by atoms with Gasteiger partial charge in [0.05, 0.1) is 47.8 Å². The summed E-state index contributed by atoms with van der Waals surface area (Å²) in [5.41, 5.74) is 7.96. The van der Waals surface area contributed by atoms with Gasteiger partial charge in [-0.1, -0.05) is 54.6 Å². The summed E-state index contributed by atoms with van der Waals surface area (Å²) >= 11 is 0. The standard InChI is InChI=1S/C40H39N3O10/c1-19-34(44)26(41)16-29(52-19)53-28-18-40(50,20(2)42-43-39(49)23-14-12-22(13-15-23)21-8-5-4-6-9-21)17-25-31(28)38(48)33-32(36(25)46)35(45)24-10-7-11-27(51-3)30(24)37(33)47/h4-15,19,26,28-29,34,44,46,48,50H,16-18,41H2,1-3H3,(H,43,49)/b42-20+. The summed E-state index contributed by atoms with van der Waals surface area (Å²) in [5, 5.41) is 50.5. The molecule has 6 atom stereocenters. The fourth-order valence-electron chi connectivity index (χ4n) is 7.41. The molecular weight excluding hydrogens is 682 g/mol. The van der Waals surface area contributed by atoms with Crippen molar-refractivity contribution in [3.63, 3.8) is 0 Å². The Morgan fingerprint density at radius 1 is 0.943 bits per heavy atom. The van der Waals surface area contributed by atoms with E-state index >= 15 is 0 Å². The fraction of sp³-hybridized carbons (Fsp3) is 0.300. The van der Waals surface area contributed by atoms with Crippen LogP contribution in [0, 0.1) is 0 Å². The van der Waals surface area contributed by atoms with Crippen LogP contribution in [0.2, 0.25) is 0 Å². The van der Waals surface area contributed by atoms with Crippen molar-refractivity contribution in [3.05, 3.63) is 112 Å². The highest BCUT2D eigenvalue weighted by atomic mass is 16.7. The quantitative estimate of drug-likeness (QED) is 0.0806. The minimum atomic E-state index is -1.91. The maximum atomic E-state index is 14.0. The van der Waals surface area contributed by atoms with E-state index in [1.54, 1.807) is 19.1 Å². The lowest BCUT2D eigenvalue weighted by Crippen LogP contribution is -2.52. The summed E-state index contributed by atoms with van der Waals surface area (Å²) in [6.45, 7) is 3.10. The number of carbonyl (C=O) groups is 3.